The molecular formula is C10H20N2O. The zero-order valence-electron chi connectivity index (χ0n) is 9.05. The molecule has 0 radical (unpaired) electrons. The number of carbonyl (C=O) groups excluding carboxylic acids is 1. The van der Waals surface area contributed by atoms with Crippen LogP contribution in [0.1, 0.15) is 27.2 Å². The van der Waals surface area contributed by atoms with Gasteiger partial charge >= 0.3 is 6.03 Å². The van der Waals surface area contributed by atoms with Crippen molar-refractivity contribution in [3.63, 3.8) is 0 Å². The summed E-state index contributed by atoms with van der Waals surface area (Å²) in [6.07, 6.45) is 3.10. The summed E-state index contributed by atoms with van der Waals surface area (Å²) in [5, 5.41) is 2.61. The molecule has 3 nitrogen and oxygen atoms in total. The maximum absolute atomic E-state index is 11.1. The Bertz CT molecular complexity index is 187. The van der Waals surface area contributed by atoms with Gasteiger partial charge in [0.2, 0.25) is 0 Å². The zero-order valence-corrected chi connectivity index (χ0v) is 9.05. The highest BCUT2D eigenvalue weighted by molar-refractivity contribution is 5.74. The largest absolute Gasteiger partial charge is 0.341 e. The van der Waals surface area contributed by atoms with Crippen molar-refractivity contribution in [3.8, 4) is 0 Å². The average Bonchev–Trinajstić information content (AvgIpc) is 2.21. The van der Waals surface area contributed by atoms with E-state index in [0.717, 1.165) is 19.5 Å². The lowest BCUT2D eigenvalue weighted by Crippen LogP contribution is -2.40. The average molecular weight is 184 g/mol. The van der Waals surface area contributed by atoms with Gasteiger partial charge in [-0.2, -0.15) is 0 Å². The van der Waals surface area contributed by atoms with Crippen LogP contribution >= 0.6 is 0 Å². The molecule has 0 saturated heterocycles. The minimum atomic E-state index is 0.0220. The number of amides is 2. The summed E-state index contributed by atoms with van der Waals surface area (Å²) in [4.78, 5) is 12.9. The van der Waals surface area contributed by atoms with Crippen LogP contribution in [-0.2, 0) is 0 Å². The monoisotopic (exact) mass is 184 g/mol. The summed E-state index contributed by atoms with van der Waals surface area (Å²) in [5.74, 6) is 0. The molecule has 0 aromatic carbocycles. The SMILES string of the molecule is CC.CNC(=O)N1CC=C(C)CC1. The molecule has 1 heterocycles. The molecule has 0 aromatic heterocycles. The number of nitrogens with zero attached hydrogens (tertiary/aromatic N) is 1. The Morgan fingerprint density at radius 1 is 1.54 bits per heavy atom. The quantitative estimate of drug-likeness (QED) is 0.574. The van der Waals surface area contributed by atoms with E-state index in [-0.39, 0.29) is 6.03 Å². The Kier molecular flexibility index (Phi) is 6.02. The van der Waals surface area contributed by atoms with E-state index >= 15 is 0 Å². The van der Waals surface area contributed by atoms with E-state index in [0.29, 0.717) is 0 Å². The number of carbonyl (C=O) groups is 1. The highest BCUT2D eigenvalue weighted by Gasteiger charge is 2.12. The predicted octanol–water partition coefficient (Wildman–Crippen LogP) is 2.00. The molecular weight excluding hydrogens is 164 g/mol. The van der Waals surface area contributed by atoms with Crippen LogP contribution in [0.5, 0.6) is 0 Å². The number of rotatable bonds is 0. The van der Waals surface area contributed by atoms with Crippen molar-refractivity contribution >= 4 is 6.03 Å². The van der Waals surface area contributed by atoms with Crippen LogP contribution in [0.4, 0.5) is 4.79 Å². The first-order chi connectivity index (χ1) is 6.24. The number of urea groups is 1. The van der Waals surface area contributed by atoms with Gasteiger partial charge in [0.1, 0.15) is 0 Å². The molecule has 1 aliphatic heterocycles. The van der Waals surface area contributed by atoms with Gasteiger partial charge in [-0.25, -0.2) is 4.79 Å². The molecule has 3 heteroatoms. The Morgan fingerprint density at radius 3 is 2.54 bits per heavy atom. The minimum absolute atomic E-state index is 0.0220. The molecule has 2 amide bonds. The van der Waals surface area contributed by atoms with Crippen molar-refractivity contribution in [3.05, 3.63) is 11.6 Å². The van der Waals surface area contributed by atoms with Crippen LogP contribution in [0, 0.1) is 0 Å². The predicted molar refractivity (Wildman–Crippen MR) is 55.8 cm³/mol. The van der Waals surface area contributed by atoms with Crippen LogP contribution in [-0.4, -0.2) is 31.1 Å². The molecule has 0 atom stereocenters. The summed E-state index contributed by atoms with van der Waals surface area (Å²) >= 11 is 0. The normalized spacial score (nSPS) is 15.4. The zero-order chi connectivity index (χ0) is 10.3. The second kappa shape index (κ2) is 6.52. The van der Waals surface area contributed by atoms with Crippen molar-refractivity contribution in [1.82, 2.24) is 10.2 Å². The van der Waals surface area contributed by atoms with Gasteiger partial charge in [0.25, 0.3) is 0 Å². The molecule has 76 valence electrons. The van der Waals surface area contributed by atoms with E-state index in [1.807, 2.05) is 13.8 Å². The molecule has 13 heavy (non-hydrogen) atoms. The van der Waals surface area contributed by atoms with Crippen LogP contribution in [0.25, 0.3) is 0 Å². The van der Waals surface area contributed by atoms with E-state index in [1.165, 1.54) is 5.57 Å². The molecule has 1 rings (SSSR count). The van der Waals surface area contributed by atoms with Gasteiger partial charge in [-0.15, -0.1) is 0 Å². The minimum Gasteiger partial charge on any atom is -0.341 e. The fourth-order valence-electron chi connectivity index (χ4n) is 1.11. The Labute approximate surface area is 80.8 Å². The van der Waals surface area contributed by atoms with Gasteiger partial charge in [0, 0.05) is 20.1 Å². The molecule has 1 aliphatic rings. The van der Waals surface area contributed by atoms with Crippen molar-refractivity contribution in [2.45, 2.75) is 27.2 Å². The molecule has 0 bridgehead atoms. The van der Waals surface area contributed by atoms with Crippen LogP contribution in [0.3, 0.4) is 0 Å². The topological polar surface area (TPSA) is 32.3 Å². The van der Waals surface area contributed by atoms with Crippen molar-refractivity contribution in [2.24, 2.45) is 0 Å². The lowest BCUT2D eigenvalue weighted by Gasteiger charge is -2.24. The van der Waals surface area contributed by atoms with Gasteiger partial charge in [0.15, 0.2) is 0 Å². The first kappa shape index (κ1) is 12.0. The summed E-state index contributed by atoms with van der Waals surface area (Å²) in [6.45, 7) is 7.70. The molecule has 0 aliphatic carbocycles. The molecule has 0 fully saturated rings. The van der Waals surface area contributed by atoms with E-state index in [1.54, 1.807) is 11.9 Å². The van der Waals surface area contributed by atoms with Gasteiger partial charge in [-0.3, -0.25) is 0 Å². The van der Waals surface area contributed by atoms with E-state index < -0.39 is 0 Å². The van der Waals surface area contributed by atoms with Crippen LogP contribution in [0.2, 0.25) is 0 Å². The van der Waals surface area contributed by atoms with Gasteiger partial charge in [-0.1, -0.05) is 25.5 Å². The standard InChI is InChI=1S/C8H14N2O.C2H6/c1-7-3-5-10(6-4-7)8(11)9-2;1-2/h3H,4-6H2,1-2H3,(H,9,11);1-2H3. The third kappa shape index (κ3) is 3.97. The number of nitrogens with one attached hydrogen (secondary N) is 1. The Morgan fingerprint density at radius 2 is 2.15 bits per heavy atom. The summed E-state index contributed by atoms with van der Waals surface area (Å²) in [6, 6.07) is 0.0220. The van der Waals surface area contributed by atoms with Crippen LogP contribution < -0.4 is 5.32 Å². The first-order valence-corrected chi connectivity index (χ1v) is 4.86. The van der Waals surface area contributed by atoms with E-state index in [2.05, 4.69) is 18.3 Å². The number of hydrogen-bond acceptors (Lipinski definition) is 1. The highest BCUT2D eigenvalue weighted by atomic mass is 16.2. The molecule has 1 N–H and O–H groups in total. The van der Waals surface area contributed by atoms with Crippen molar-refractivity contribution in [2.75, 3.05) is 20.1 Å². The summed E-state index contributed by atoms with van der Waals surface area (Å²) in [7, 11) is 1.66. The lowest BCUT2D eigenvalue weighted by atomic mass is 10.1. The first-order valence-electron chi connectivity index (χ1n) is 4.86. The Balaban J connectivity index is 0.000000671. The third-order valence-corrected chi connectivity index (χ3v) is 1.94. The van der Waals surface area contributed by atoms with E-state index in [9.17, 15) is 4.79 Å². The maximum Gasteiger partial charge on any atom is 0.317 e. The molecule has 0 aromatic rings. The molecule has 0 saturated carbocycles. The summed E-state index contributed by atoms with van der Waals surface area (Å²) < 4.78 is 0. The van der Waals surface area contributed by atoms with Gasteiger partial charge < -0.3 is 10.2 Å². The van der Waals surface area contributed by atoms with Gasteiger partial charge in [-0.05, 0) is 13.3 Å². The number of hydrogen-bond donors (Lipinski definition) is 1. The second-order valence-corrected chi connectivity index (χ2v) is 2.80. The van der Waals surface area contributed by atoms with Crippen LogP contribution in [0.15, 0.2) is 11.6 Å². The van der Waals surface area contributed by atoms with E-state index in [4.69, 9.17) is 0 Å². The van der Waals surface area contributed by atoms with Crippen molar-refractivity contribution < 1.29 is 4.79 Å². The smallest absolute Gasteiger partial charge is 0.317 e. The maximum atomic E-state index is 11.1. The lowest BCUT2D eigenvalue weighted by molar-refractivity contribution is 0.204. The fourth-order valence-corrected chi connectivity index (χ4v) is 1.11. The summed E-state index contributed by atoms with van der Waals surface area (Å²) in [5.41, 5.74) is 1.38. The fraction of sp³-hybridized carbons (Fsp3) is 0.700. The third-order valence-electron chi connectivity index (χ3n) is 1.94. The highest BCUT2D eigenvalue weighted by Crippen LogP contribution is 2.08. The molecule has 0 unspecified atom stereocenters. The van der Waals surface area contributed by atoms with Gasteiger partial charge in [0.05, 0.1) is 0 Å². The molecule has 0 spiro atoms. The Hall–Kier alpha value is -0.990. The van der Waals surface area contributed by atoms with Crippen molar-refractivity contribution in [1.29, 1.82) is 0 Å². The second-order valence-electron chi connectivity index (χ2n) is 2.80.